The van der Waals surface area contributed by atoms with E-state index in [1.807, 2.05) is 32.0 Å². The molecule has 1 unspecified atom stereocenters. The molecule has 23 heavy (non-hydrogen) atoms. The Balaban J connectivity index is 2.11. The molecule has 0 aliphatic rings. The molecule has 4 nitrogen and oxygen atoms in total. The summed E-state index contributed by atoms with van der Waals surface area (Å²) in [6.07, 6.45) is 0. The molecule has 0 aromatic heterocycles. The van der Waals surface area contributed by atoms with Crippen LogP contribution in [0.4, 0.5) is 5.69 Å². The van der Waals surface area contributed by atoms with Crippen LogP contribution in [0.15, 0.2) is 54.6 Å². The van der Waals surface area contributed by atoms with Crippen molar-refractivity contribution in [1.29, 1.82) is 0 Å². The highest BCUT2D eigenvalue weighted by molar-refractivity contribution is 6.33. The van der Waals surface area contributed by atoms with E-state index in [0.29, 0.717) is 16.3 Å². The van der Waals surface area contributed by atoms with Crippen molar-refractivity contribution in [1.82, 2.24) is 5.32 Å². The Morgan fingerprint density at radius 2 is 1.57 bits per heavy atom. The number of anilines is 1. The Morgan fingerprint density at radius 1 is 0.957 bits per heavy atom. The molecule has 0 spiro atoms. The van der Waals surface area contributed by atoms with Crippen LogP contribution in [0.5, 0.6) is 0 Å². The van der Waals surface area contributed by atoms with Gasteiger partial charge >= 0.3 is 0 Å². The maximum atomic E-state index is 12.4. The zero-order valence-corrected chi connectivity index (χ0v) is 13.8. The number of nitrogens with one attached hydrogen (secondary N) is 2. The maximum absolute atomic E-state index is 12.4. The van der Waals surface area contributed by atoms with Crippen LogP contribution in [0.2, 0.25) is 5.02 Å². The lowest BCUT2D eigenvalue weighted by atomic mass is 10.0. The summed E-state index contributed by atoms with van der Waals surface area (Å²) < 4.78 is 0. The summed E-state index contributed by atoms with van der Waals surface area (Å²) in [6, 6.07) is 15.2. The molecule has 0 aliphatic carbocycles. The number of hydrogen-bond donors (Lipinski definition) is 2. The van der Waals surface area contributed by atoms with Crippen molar-refractivity contribution in [3.8, 4) is 0 Å². The highest BCUT2D eigenvalue weighted by atomic mass is 35.5. The Morgan fingerprint density at radius 3 is 2.17 bits per heavy atom. The van der Waals surface area contributed by atoms with Crippen LogP contribution in [-0.4, -0.2) is 17.9 Å². The van der Waals surface area contributed by atoms with Crippen LogP contribution in [0.25, 0.3) is 0 Å². The average molecular weight is 331 g/mol. The van der Waals surface area contributed by atoms with Crippen molar-refractivity contribution in [3.63, 3.8) is 0 Å². The third-order valence-corrected chi connectivity index (χ3v) is 3.73. The number of rotatable bonds is 5. The molecule has 2 aromatic rings. The molecule has 0 radical (unpaired) electrons. The normalized spacial score (nSPS) is 11.8. The molecule has 0 saturated heterocycles. The molecule has 2 amide bonds. The van der Waals surface area contributed by atoms with Crippen molar-refractivity contribution in [2.24, 2.45) is 5.92 Å². The quantitative estimate of drug-likeness (QED) is 0.877. The number of halogens is 1. The van der Waals surface area contributed by atoms with Crippen molar-refractivity contribution in [3.05, 3.63) is 65.2 Å². The van der Waals surface area contributed by atoms with Crippen molar-refractivity contribution < 1.29 is 9.59 Å². The summed E-state index contributed by atoms with van der Waals surface area (Å²) in [5, 5.41) is 5.92. The molecular formula is C18H19ClN2O2. The van der Waals surface area contributed by atoms with Gasteiger partial charge in [-0.1, -0.05) is 55.8 Å². The van der Waals surface area contributed by atoms with Gasteiger partial charge in [0.15, 0.2) is 0 Å². The smallest absolute Gasteiger partial charge is 0.253 e. The number of amides is 2. The van der Waals surface area contributed by atoms with Crippen molar-refractivity contribution >= 4 is 29.1 Å². The SMILES string of the molecule is CC(C)C(NC(=O)c1ccccc1Cl)C(=O)Nc1ccccc1. The van der Waals surface area contributed by atoms with Crippen LogP contribution < -0.4 is 10.6 Å². The van der Waals surface area contributed by atoms with Crippen LogP contribution in [0.3, 0.4) is 0 Å². The zero-order chi connectivity index (χ0) is 16.8. The van der Waals surface area contributed by atoms with Gasteiger partial charge in [-0.15, -0.1) is 0 Å². The first-order valence-electron chi connectivity index (χ1n) is 7.40. The Hall–Kier alpha value is -2.33. The molecule has 2 rings (SSSR count). The van der Waals surface area contributed by atoms with Gasteiger partial charge < -0.3 is 10.6 Å². The molecule has 1 atom stereocenters. The van der Waals surface area contributed by atoms with E-state index in [9.17, 15) is 9.59 Å². The minimum atomic E-state index is -0.654. The van der Waals surface area contributed by atoms with Gasteiger partial charge in [-0.05, 0) is 30.2 Å². The minimum Gasteiger partial charge on any atom is -0.340 e. The molecule has 2 N–H and O–H groups in total. The molecule has 5 heteroatoms. The Labute approximate surface area is 140 Å². The molecule has 0 fully saturated rings. The largest absolute Gasteiger partial charge is 0.340 e. The van der Waals surface area contributed by atoms with Crippen LogP contribution >= 0.6 is 11.6 Å². The fourth-order valence-corrected chi connectivity index (χ4v) is 2.36. The van der Waals surface area contributed by atoms with Gasteiger partial charge in [0.25, 0.3) is 5.91 Å². The third kappa shape index (κ3) is 4.57. The average Bonchev–Trinajstić information content (AvgIpc) is 2.53. The van der Waals surface area contributed by atoms with Gasteiger partial charge in [0, 0.05) is 5.69 Å². The summed E-state index contributed by atoms with van der Waals surface area (Å²) in [5.74, 6) is -0.686. The van der Waals surface area contributed by atoms with Crippen LogP contribution in [0.1, 0.15) is 24.2 Å². The van der Waals surface area contributed by atoms with Crippen LogP contribution in [-0.2, 0) is 4.79 Å². The van der Waals surface area contributed by atoms with Gasteiger partial charge in [-0.3, -0.25) is 9.59 Å². The second kappa shape index (κ2) is 7.79. The molecule has 0 aliphatic heterocycles. The molecule has 120 valence electrons. The lowest BCUT2D eigenvalue weighted by Crippen LogP contribution is -2.47. The first-order chi connectivity index (χ1) is 11.0. The number of hydrogen-bond acceptors (Lipinski definition) is 2. The highest BCUT2D eigenvalue weighted by Gasteiger charge is 2.25. The lowest BCUT2D eigenvalue weighted by molar-refractivity contribution is -0.118. The van der Waals surface area contributed by atoms with Gasteiger partial charge in [0.05, 0.1) is 10.6 Å². The second-order valence-electron chi connectivity index (χ2n) is 5.53. The van der Waals surface area contributed by atoms with E-state index in [1.54, 1.807) is 36.4 Å². The van der Waals surface area contributed by atoms with E-state index >= 15 is 0 Å². The molecular weight excluding hydrogens is 312 g/mol. The van der Waals surface area contributed by atoms with Gasteiger partial charge in [-0.25, -0.2) is 0 Å². The number of para-hydroxylation sites is 1. The first-order valence-corrected chi connectivity index (χ1v) is 7.78. The summed E-state index contributed by atoms with van der Waals surface area (Å²) >= 11 is 6.03. The summed E-state index contributed by atoms with van der Waals surface area (Å²) in [6.45, 7) is 3.75. The first kappa shape index (κ1) is 17.0. The van der Waals surface area contributed by atoms with E-state index in [1.165, 1.54) is 0 Å². The van der Waals surface area contributed by atoms with E-state index in [-0.39, 0.29) is 17.7 Å². The number of carbonyl (C=O) groups is 2. The predicted octanol–water partition coefficient (Wildman–Crippen LogP) is 3.73. The highest BCUT2D eigenvalue weighted by Crippen LogP contribution is 2.16. The fourth-order valence-electron chi connectivity index (χ4n) is 2.14. The third-order valence-electron chi connectivity index (χ3n) is 3.40. The van der Waals surface area contributed by atoms with Crippen LogP contribution in [0, 0.1) is 5.92 Å². The van der Waals surface area contributed by atoms with Gasteiger partial charge in [0.2, 0.25) is 5.91 Å². The summed E-state index contributed by atoms with van der Waals surface area (Å²) in [5.41, 5.74) is 1.04. The van der Waals surface area contributed by atoms with E-state index in [4.69, 9.17) is 11.6 Å². The topological polar surface area (TPSA) is 58.2 Å². The second-order valence-corrected chi connectivity index (χ2v) is 5.94. The number of benzene rings is 2. The van der Waals surface area contributed by atoms with E-state index < -0.39 is 6.04 Å². The standard InChI is InChI=1S/C18H19ClN2O2/c1-12(2)16(18(23)20-13-8-4-3-5-9-13)21-17(22)14-10-6-7-11-15(14)19/h3-12,16H,1-2H3,(H,20,23)(H,21,22). The minimum absolute atomic E-state index is 0.0647. The fraction of sp³-hybridized carbons (Fsp3) is 0.222. The summed E-state index contributed by atoms with van der Waals surface area (Å²) in [4.78, 5) is 24.8. The summed E-state index contributed by atoms with van der Waals surface area (Å²) in [7, 11) is 0. The van der Waals surface area contributed by atoms with E-state index in [2.05, 4.69) is 10.6 Å². The Kier molecular flexibility index (Phi) is 5.77. The monoisotopic (exact) mass is 330 g/mol. The molecule has 2 aromatic carbocycles. The number of carbonyl (C=O) groups excluding carboxylic acids is 2. The molecule has 0 heterocycles. The Bertz CT molecular complexity index is 686. The molecule has 0 saturated carbocycles. The zero-order valence-electron chi connectivity index (χ0n) is 13.0. The van der Waals surface area contributed by atoms with Gasteiger partial charge in [-0.2, -0.15) is 0 Å². The lowest BCUT2D eigenvalue weighted by Gasteiger charge is -2.22. The predicted molar refractivity (Wildman–Crippen MR) is 92.6 cm³/mol. The molecule has 0 bridgehead atoms. The van der Waals surface area contributed by atoms with Gasteiger partial charge in [0.1, 0.15) is 6.04 Å². The van der Waals surface area contributed by atoms with Crippen molar-refractivity contribution in [2.75, 3.05) is 5.32 Å². The maximum Gasteiger partial charge on any atom is 0.253 e. The van der Waals surface area contributed by atoms with Crippen molar-refractivity contribution in [2.45, 2.75) is 19.9 Å². The van der Waals surface area contributed by atoms with E-state index in [0.717, 1.165) is 0 Å².